The number of fused-ring (bicyclic) bond motifs is 2. The highest BCUT2D eigenvalue weighted by atomic mass is 35.5. The Morgan fingerprint density at radius 2 is 2.19 bits per heavy atom. The molecule has 1 amide bonds. The summed E-state index contributed by atoms with van der Waals surface area (Å²) in [5.41, 5.74) is 3.11. The second kappa shape index (κ2) is 7.34. The van der Waals surface area contributed by atoms with Gasteiger partial charge in [0, 0.05) is 28.7 Å². The summed E-state index contributed by atoms with van der Waals surface area (Å²) in [5.74, 6) is 0.137. The van der Waals surface area contributed by atoms with Crippen LogP contribution in [0, 0.1) is 0 Å². The molecule has 2 aliphatic heterocycles. The zero-order chi connectivity index (χ0) is 18.1. The van der Waals surface area contributed by atoms with E-state index in [0.717, 1.165) is 56.6 Å². The van der Waals surface area contributed by atoms with Gasteiger partial charge < -0.3 is 5.32 Å². The van der Waals surface area contributed by atoms with E-state index in [1.165, 1.54) is 12.0 Å². The maximum atomic E-state index is 12.7. The first-order valence-corrected chi connectivity index (χ1v) is 10.8. The number of carbonyl (C=O) groups is 1. The molecule has 1 atom stereocenters. The van der Waals surface area contributed by atoms with Crippen LogP contribution in [-0.4, -0.2) is 23.9 Å². The largest absolute Gasteiger partial charge is 0.325 e. The summed E-state index contributed by atoms with van der Waals surface area (Å²) in [6.07, 6.45) is 5.07. The number of amides is 1. The lowest BCUT2D eigenvalue weighted by Crippen LogP contribution is -2.34. The molecule has 3 heterocycles. The lowest BCUT2D eigenvalue weighted by molar-refractivity contribution is -0.121. The quantitative estimate of drug-likeness (QED) is 0.687. The smallest absolute Gasteiger partial charge is 0.235 e. The van der Waals surface area contributed by atoms with Crippen molar-refractivity contribution in [2.75, 3.05) is 18.4 Å². The number of thiophene rings is 1. The van der Waals surface area contributed by atoms with E-state index in [4.69, 9.17) is 11.6 Å². The van der Waals surface area contributed by atoms with Crippen molar-refractivity contribution in [3.63, 3.8) is 0 Å². The number of anilines is 1. The van der Waals surface area contributed by atoms with E-state index in [2.05, 4.69) is 28.6 Å². The van der Waals surface area contributed by atoms with Gasteiger partial charge in [-0.15, -0.1) is 11.3 Å². The summed E-state index contributed by atoms with van der Waals surface area (Å²) in [5, 5.41) is 5.97. The third-order valence-electron chi connectivity index (χ3n) is 6.00. The summed E-state index contributed by atoms with van der Waals surface area (Å²) in [7, 11) is 0. The number of unbranched alkanes of at least 4 members (excludes halogenated alkanes) is 1. The molecule has 1 aromatic heterocycles. The van der Waals surface area contributed by atoms with E-state index in [9.17, 15) is 4.79 Å². The molecule has 26 heavy (non-hydrogen) atoms. The number of benzene rings is 1. The van der Waals surface area contributed by atoms with Crippen LogP contribution in [-0.2, 0) is 23.2 Å². The fourth-order valence-corrected chi connectivity index (χ4v) is 5.48. The molecule has 0 fully saturated rings. The first kappa shape index (κ1) is 18.0. The molecule has 4 rings (SSSR count). The highest BCUT2D eigenvalue weighted by Gasteiger charge is 2.44. The second-order valence-corrected chi connectivity index (χ2v) is 8.87. The van der Waals surface area contributed by atoms with Gasteiger partial charge in [0.15, 0.2) is 0 Å². The predicted octanol–water partition coefficient (Wildman–Crippen LogP) is 5.23. The molecule has 3 nitrogen and oxygen atoms in total. The Labute approximate surface area is 164 Å². The van der Waals surface area contributed by atoms with E-state index in [1.54, 1.807) is 4.88 Å². The van der Waals surface area contributed by atoms with Gasteiger partial charge in [-0.1, -0.05) is 24.9 Å². The molecule has 0 aliphatic carbocycles. The monoisotopic (exact) mass is 388 g/mol. The minimum Gasteiger partial charge on any atom is -0.325 e. The standard InChI is InChI=1S/C21H25ClN2OS/c1-2-21(17-13-16(22)5-6-18(17)23-20(21)25)9-3-4-10-24-11-7-19-15(14-24)8-12-26-19/h5-6,8,12-13H,2-4,7,9-11,14H2,1H3,(H,23,25). The molecule has 2 aromatic rings. The number of hydrogen-bond acceptors (Lipinski definition) is 3. The Morgan fingerprint density at radius 3 is 3.04 bits per heavy atom. The van der Waals surface area contributed by atoms with Gasteiger partial charge in [-0.3, -0.25) is 9.69 Å². The lowest BCUT2D eigenvalue weighted by Gasteiger charge is -2.29. The van der Waals surface area contributed by atoms with Crippen LogP contribution < -0.4 is 5.32 Å². The number of hydrogen-bond donors (Lipinski definition) is 1. The molecule has 0 saturated carbocycles. The van der Waals surface area contributed by atoms with E-state index in [-0.39, 0.29) is 5.91 Å². The van der Waals surface area contributed by atoms with E-state index < -0.39 is 5.41 Å². The number of nitrogens with zero attached hydrogens (tertiary/aromatic N) is 1. The van der Waals surface area contributed by atoms with E-state index in [1.807, 2.05) is 29.5 Å². The van der Waals surface area contributed by atoms with Crippen molar-refractivity contribution >= 4 is 34.5 Å². The van der Waals surface area contributed by atoms with Crippen LogP contribution in [0.2, 0.25) is 5.02 Å². The Kier molecular flexibility index (Phi) is 5.09. The van der Waals surface area contributed by atoms with Crippen molar-refractivity contribution in [2.24, 2.45) is 0 Å². The number of carbonyl (C=O) groups excluding carboxylic acids is 1. The zero-order valence-corrected chi connectivity index (χ0v) is 16.8. The van der Waals surface area contributed by atoms with Crippen molar-refractivity contribution in [1.29, 1.82) is 0 Å². The molecular formula is C21H25ClN2OS. The molecule has 2 aliphatic rings. The molecule has 1 aromatic carbocycles. The third kappa shape index (κ3) is 3.19. The number of rotatable bonds is 6. The maximum absolute atomic E-state index is 12.7. The Balaban J connectivity index is 1.37. The van der Waals surface area contributed by atoms with Gasteiger partial charge in [-0.05, 0) is 73.0 Å². The first-order valence-electron chi connectivity index (χ1n) is 9.51. The Bertz CT molecular complexity index is 818. The minimum absolute atomic E-state index is 0.137. The SMILES string of the molecule is CCC1(CCCCN2CCc3sccc3C2)C(=O)Nc2ccc(Cl)cc21. The number of halogens is 1. The van der Waals surface area contributed by atoms with Crippen molar-refractivity contribution in [1.82, 2.24) is 4.90 Å². The van der Waals surface area contributed by atoms with Gasteiger partial charge in [0.1, 0.15) is 0 Å². The molecule has 0 spiro atoms. The van der Waals surface area contributed by atoms with Gasteiger partial charge in [0.05, 0.1) is 5.41 Å². The topological polar surface area (TPSA) is 32.3 Å². The highest BCUT2D eigenvalue weighted by molar-refractivity contribution is 7.10. The molecule has 0 bridgehead atoms. The third-order valence-corrected chi connectivity index (χ3v) is 7.26. The summed E-state index contributed by atoms with van der Waals surface area (Å²) in [4.78, 5) is 16.8. The average molecular weight is 389 g/mol. The maximum Gasteiger partial charge on any atom is 0.235 e. The van der Waals surface area contributed by atoms with Crippen LogP contribution in [0.5, 0.6) is 0 Å². The summed E-state index contributed by atoms with van der Waals surface area (Å²) in [6.45, 7) is 5.46. The summed E-state index contributed by atoms with van der Waals surface area (Å²) < 4.78 is 0. The van der Waals surface area contributed by atoms with Crippen molar-refractivity contribution < 1.29 is 4.79 Å². The van der Waals surface area contributed by atoms with Gasteiger partial charge in [-0.2, -0.15) is 0 Å². The average Bonchev–Trinajstić information content (AvgIpc) is 3.21. The molecule has 1 unspecified atom stereocenters. The first-order chi connectivity index (χ1) is 12.6. The Hall–Kier alpha value is -1.36. The molecule has 1 N–H and O–H groups in total. The summed E-state index contributed by atoms with van der Waals surface area (Å²) in [6, 6.07) is 8.02. The fourth-order valence-electron chi connectivity index (χ4n) is 4.42. The molecule has 0 saturated heterocycles. The fraction of sp³-hybridized carbons (Fsp3) is 0.476. The van der Waals surface area contributed by atoms with Gasteiger partial charge in [-0.25, -0.2) is 0 Å². The predicted molar refractivity (Wildman–Crippen MR) is 109 cm³/mol. The summed E-state index contributed by atoms with van der Waals surface area (Å²) >= 11 is 8.09. The van der Waals surface area contributed by atoms with Crippen LogP contribution in [0.4, 0.5) is 5.69 Å². The normalized spacial score (nSPS) is 22.2. The Morgan fingerprint density at radius 1 is 1.31 bits per heavy atom. The van der Waals surface area contributed by atoms with Crippen molar-refractivity contribution in [3.8, 4) is 0 Å². The zero-order valence-electron chi connectivity index (χ0n) is 15.2. The van der Waals surface area contributed by atoms with Gasteiger partial charge >= 0.3 is 0 Å². The second-order valence-electron chi connectivity index (χ2n) is 7.43. The molecular weight excluding hydrogens is 364 g/mol. The van der Waals surface area contributed by atoms with Crippen LogP contribution in [0.25, 0.3) is 0 Å². The van der Waals surface area contributed by atoms with Crippen LogP contribution in [0.15, 0.2) is 29.6 Å². The van der Waals surface area contributed by atoms with E-state index in [0.29, 0.717) is 5.02 Å². The lowest BCUT2D eigenvalue weighted by atomic mass is 9.75. The van der Waals surface area contributed by atoms with Crippen LogP contribution >= 0.6 is 22.9 Å². The molecule has 138 valence electrons. The van der Waals surface area contributed by atoms with E-state index >= 15 is 0 Å². The minimum atomic E-state index is -0.414. The van der Waals surface area contributed by atoms with Gasteiger partial charge in [0.25, 0.3) is 0 Å². The molecule has 0 radical (unpaired) electrons. The van der Waals surface area contributed by atoms with Crippen molar-refractivity contribution in [2.45, 2.75) is 51.0 Å². The molecule has 5 heteroatoms. The highest BCUT2D eigenvalue weighted by Crippen LogP contribution is 2.44. The van der Waals surface area contributed by atoms with Crippen LogP contribution in [0.1, 0.15) is 48.6 Å². The van der Waals surface area contributed by atoms with Gasteiger partial charge in [0.2, 0.25) is 5.91 Å². The number of nitrogens with one attached hydrogen (secondary N) is 1. The van der Waals surface area contributed by atoms with Crippen molar-refractivity contribution in [3.05, 3.63) is 50.7 Å². The van der Waals surface area contributed by atoms with Crippen LogP contribution in [0.3, 0.4) is 0 Å².